The summed E-state index contributed by atoms with van der Waals surface area (Å²) in [5, 5.41) is 5.66. The van der Waals surface area contributed by atoms with Crippen molar-refractivity contribution >= 4 is 57.7 Å². The molecule has 2 aromatic heterocycles. The van der Waals surface area contributed by atoms with E-state index in [4.69, 9.17) is 27.6 Å². The van der Waals surface area contributed by atoms with Crippen LogP contribution < -0.4 is 10.2 Å². The lowest BCUT2D eigenvalue weighted by atomic mass is 10.2. The van der Waals surface area contributed by atoms with Crippen molar-refractivity contribution in [3.05, 3.63) is 92.8 Å². The van der Waals surface area contributed by atoms with Crippen LogP contribution in [0, 0.1) is 0 Å². The molecule has 3 heterocycles. The van der Waals surface area contributed by atoms with Crippen LogP contribution >= 0.6 is 34.5 Å². The molecule has 178 valence electrons. The molecule has 1 aliphatic rings. The Morgan fingerprint density at radius 3 is 2.34 bits per heavy atom. The number of halogens is 2. The third kappa shape index (κ3) is 5.22. The second-order valence-electron chi connectivity index (χ2n) is 8.05. The zero-order valence-corrected chi connectivity index (χ0v) is 20.9. The van der Waals surface area contributed by atoms with Crippen LogP contribution in [0.1, 0.15) is 20.2 Å². The summed E-state index contributed by atoms with van der Waals surface area (Å²) in [6.45, 7) is 2.86. The van der Waals surface area contributed by atoms with Gasteiger partial charge in [0, 0.05) is 43.1 Å². The first-order valence-electron chi connectivity index (χ1n) is 11.0. The van der Waals surface area contributed by atoms with Gasteiger partial charge in [0.05, 0.1) is 14.9 Å². The van der Waals surface area contributed by atoms with Crippen molar-refractivity contribution < 1.29 is 14.0 Å². The van der Waals surface area contributed by atoms with Gasteiger partial charge in [-0.05, 0) is 66.0 Å². The summed E-state index contributed by atoms with van der Waals surface area (Å²) in [6, 6.07) is 19.9. The highest BCUT2D eigenvalue weighted by atomic mass is 35.5. The number of anilines is 2. The Morgan fingerprint density at radius 1 is 0.886 bits per heavy atom. The fourth-order valence-electron chi connectivity index (χ4n) is 3.94. The number of hydrogen-bond acceptors (Lipinski definition) is 5. The first-order chi connectivity index (χ1) is 17.0. The van der Waals surface area contributed by atoms with Gasteiger partial charge in [0.25, 0.3) is 11.8 Å². The van der Waals surface area contributed by atoms with Gasteiger partial charge in [-0.3, -0.25) is 9.59 Å². The lowest BCUT2D eigenvalue weighted by molar-refractivity contribution is 0.0751. The Bertz CT molecular complexity index is 1340. The fraction of sp³-hybridized carbons (Fsp3) is 0.154. The van der Waals surface area contributed by atoms with Crippen molar-refractivity contribution in [2.45, 2.75) is 0 Å². The van der Waals surface area contributed by atoms with Crippen LogP contribution in [0.5, 0.6) is 0 Å². The summed E-state index contributed by atoms with van der Waals surface area (Å²) in [5.74, 6) is 0.477. The molecule has 4 aromatic rings. The molecule has 35 heavy (non-hydrogen) atoms. The van der Waals surface area contributed by atoms with Gasteiger partial charge in [-0.2, -0.15) is 0 Å². The molecule has 9 heteroatoms. The predicted octanol–water partition coefficient (Wildman–Crippen LogP) is 6.53. The van der Waals surface area contributed by atoms with Crippen LogP contribution in [0.4, 0.5) is 11.4 Å². The van der Waals surface area contributed by atoms with Crippen LogP contribution in [0.25, 0.3) is 11.3 Å². The molecule has 0 radical (unpaired) electrons. The Kier molecular flexibility index (Phi) is 6.81. The zero-order chi connectivity index (χ0) is 24.4. The minimum Gasteiger partial charge on any atom is -0.451 e. The van der Waals surface area contributed by atoms with Crippen molar-refractivity contribution in [3.63, 3.8) is 0 Å². The fourth-order valence-corrected chi connectivity index (χ4v) is 4.93. The second-order valence-corrected chi connectivity index (χ2v) is 9.81. The minimum absolute atomic E-state index is 0.0953. The van der Waals surface area contributed by atoms with Gasteiger partial charge in [0.1, 0.15) is 5.76 Å². The third-order valence-electron chi connectivity index (χ3n) is 5.82. The molecule has 0 atom stereocenters. The van der Waals surface area contributed by atoms with Crippen LogP contribution in [-0.4, -0.2) is 42.9 Å². The molecule has 0 aliphatic carbocycles. The summed E-state index contributed by atoms with van der Waals surface area (Å²) < 4.78 is 5.72. The summed E-state index contributed by atoms with van der Waals surface area (Å²) in [4.78, 5) is 30.1. The molecule has 0 bridgehead atoms. The smallest absolute Gasteiger partial charge is 0.291 e. The number of hydrogen-bond donors (Lipinski definition) is 1. The highest BCUT2D eigenvalue weighted by Gasteiger charge is 2.23. The van der Waals surface area contributed by atoms with Gasteiger partial charge in [-0.15, -0.1) is 11.3 Å². The Labute approximate surface area is 216 Å². The summed E-state index contributed by atoms with van der Waals surface area (Å²) in [6.07, 6.45) is 0. The average molecular weight is 526 g/mol. The van der Waals surface area contributed by atoms with Crippen molar-refractivity contribution in [1.82, 2.24) is 4.90 Å². The zero-order valence-electron chi connectivity index (χ0n) is 18.5. The largest absolute Gasteiger partial charge is 0.451 e. The number of piperazine rings is 1. The van der Waals surface area contributed by atoms with Crippen LogP contribution in [0.2, 0.25) is 10.0 Å². The third-order valence-corrected chi connectivity index (χ3v) is 7.42. The van der Waals surface area contributed by atoms with Gasteiger partial charge >= 0.3 is 0 Å². The maximum Gasteiger partial charge on any atom is 0.291 e. The summed E-state index contributed by atoms with van der Waals surface area (Å²) in [5.41, 5.74) is 2.45. The van der Waals surface area contributed by atoms with E-state index in [1.807, 2.05) is 46.7 Å². The molecule has 0 saturated carbocycles. The monoisotopic (exact) mass is 525 g/mol. The molecular weight excluding hydrogens is 505 g/mol. The number of amides is 2. The number of thiophene rings is 1. The quantitative estimate of drug-likeness (QED) is 0.321. The number of nitrogens with one attached hydrogen (secondary N) is 1. The summed E-state index contributed by atoms with van der Waals surface area (Å²) in [7, 11) is 0. The normalized spacial score (nSPS) is 13.7. The highest BCUT2D eigenvalue weighted by molar-refractivity contribution is 7.12. The molecule has 6 nitrogen and oxygen atoms in total. The number of furan rings is 1. The SMILES string of the molecule is O=C(Nc1ccc(N2CCN(C(=O)c3cccs3)CC2)cc1)c1ccc(-c2ccc(Cl)c(Cl)c2)o1. The number of rotatable bonds is 5. The van der Waals surface area contributed by atoms with E-state index in [1.54, 1.807) is 30.3 Å². The van der Waals surface area contributed by atoms with E-state index in [2.05, 4.69) is 10.2 Å². The average Bonchev–Trinajstić information content (AvgIpc) is 3.59. The number of carbonyl (C=O) groups is 2. The molecule has 5 rings (SSSR count). The van der Waals surface area contributed by atoms with Gasteiger partial charge in [-0.25, -0.2) is 0 Å². The van der Waals surface area contributed by atoms with Gasteiger partial charge in [0.2, 0.25) is 0 Å². The van der Waals surface area contributed by atoms with Crippen LogP contribution in [0.3, 0.4) is 0 Å². The first kappa shape index (κ1) is 23.5. The topological polar surface area (TPSA) is 65.8 Å². The molecular formula is C26H21Cl2N3O3S. The second kappa shape index (κ2) is 10.2. The molecule has 1 aliphatic heterocycles. The molecule has 0 unspecified atom stereocenters. The van der Waals surface area contributed by atoms with E-state index in [9.17, 15) is 9.59 Å². The Balaban J connectivity index is 1.18. The van der Waals surface area contributed by atoms with E-state index in [0.717, 1.165) is 29.2 Å². The molecule has 1 fully saturated rings. The van der Waals surface area contributed by atoms with Crippen LogP contribution in [-0.2, 0) is 0 Å². The Hall–Kier alpha value is -3.26. The maximum absolute atomic E-state index is 12.7. The molecule has 1 saturated heterocycles. The highest BCUT2D eigenvalue weighted by Crippen LogP contribution is 2.30. The standard InChI is InChI=1S/C26H21Cl2N3O3S/c27-20-8-3-17(16-21(20)28)22-9-10-23(34-22)25(32)29-18-4-6-19(7-5-18)30-11-13-31(14-12-30)26(33)24-2-1-15-35-24/h1-10,15-16H,11-14H2,(H,29,32). The predicted molar refractivity (Wildman–Crippen MR) is 141 cm³/mol. The van der Waals surface area contributed by atoms with E-state index in [1.165, 1.54) is 11.3 Å². The van der Waals surface area contributed by atoms with Gasteiger partial charge in [0.15, 0.2) is 5.76 Å². The van der Waals surface area contributed by atoms with Crippen molar-refractivity contribution in [1.29, 1.82) is 0 Å². The van der Waals surface area contributed by atoms with Gasteiger partial charge < -0.3 is 19.5 Å². The van der Waals surface area contributed by atoms with Crippen molar-refractivity contribution in [3.8, 4) is 11.3 Å². The first-order valence-corrected chi connectivity index (χ1v) is 12.7. The van der Waals surface area contributed by atoms with Crippen LogP contribution in [0.15, 0.2) is 76.5 Å². The van der Waals surface area contributed by atoms with Crippen molar-refractivity contribution in [2.24, 2.45) is 0 Å². The molecule has 0 spiro atoms. The van der Waals surface area contributed by atoms with E-state index in [-0.39, 0.29) is 17.6 Å². The van der Waals surface area contributed by atoms with E-state index >= 15 is 0 Å². The lowest BCUT2D eigenvalue weighted by Gasteiger charge is -2.36. The summed E-state index contributed by atoms with van der Waals surface area (Å²) >= 11 is 13.5. The number of carbonyl (C=O) groups excluding carboxylic acids is 2. The lowest BCUT2D eigenvalue weighted by Crippen LogP contribution is -2.48. The molecule has 1 N–H and O–H groups in total. The Morgan fingerprint density at radius 2 is 1.66 bits per heavy atom. The van der Waals surface area contributed by atoms with Crippen molar-refractivity contribution in [2.75, 3.05) is 36.4 Å². The van der Waals surface area contributed by atoms with E-state index in [0.29, 0.717) is 34.6 Å². The maximum atomic E-state index is 12.7. The molecule has 2 amide bonds. The van der Waals surface area contributed by atoms with E-state index < -0.39 is 0 Å². The van der Waals surface area contributed by atoms with Gasteiger partial charge in [-0.1, -0.05) is 29.3 Å². The number of nitrogens with zero attached hydrogens (tertiary/aromatic N) is 2. The molecule has 2 aromatic carbocycles. The minimum atomic E-state index is -0.343. The number of benzene rings is 2.